The third kappa shape index (κ3) is 2.80. The second-order valence-electron chi connectivity index (χ2n) is 6.15. The van der Waals surface area contributed by atoms with Crippen LogP contribution in [0.2, 0.25) is 5.02 Å². The molecule has 4 rings (SSSR count). The molecule has 0 unspecified atom stereocenters. The minimum atomic E-state index is -0.477. The summed E-state index contributed by atoms with van der Waals surface area (Å²) in [6.45, 7) is 0. The maximum absolute atomic E-state index is 13.0. The van der Waals surface area contributed by atoms with Crippen LogP contribution in [0.5, 0.6) is 0 Å². The first kappa shape index (κ1) is 17.1. The van der Waals surface area contributed by atoms with Gasteiger partial charge in [-0.1, -0.05) is 35.9 Å². The first-order valence-electron chi connectivity index (χ1n) is 8.17. The zero-order valence-corrected chi connectivity index (χ0v) is 15.0. The number of hydrogen-bond acceptors (Lipinski definition) is 3. The summed E-state index contributed by atoms with van der Waals surface area (Å²) in [5, 5.41) is 6.02. The molecule has 2 heterocycles. The SMILES string of the molecule is CN1C(=O)/C(=c2/[nH][nH]c(=O)/c2=C\c2cccc(Cl)c2)C(=O)c2ccccc21. The number of aromatic amines is 2. The molecule has 0 atom stereocenters. The van der Waals surface area contributed by atoms with E-state index in [1.165, 1.54) is 4.90 Å². The molecular weight excluding hydrogens is 366 g/mol. The van der Waals surface area contributed by atoms with Crippen molar-refractivity contribution in [3.63, 3.8) is 0 Å². The predicted octanol–water partition coefficient (Wildman–Crippen LogP) is 1.20. The number of hydrogen-bond donors (Lipinski definition) is 2. The van der Waals surface area contributed by atoms with E-state index in [2.05, 4.69) is 10.2 Å². The van der Waals surface area contributed by atoms with E-state index >= 15 is 0 Å². The lowest BCUT2D eigenvalue weighted by molar-refractivity contribution is -0.113. The van der Waals surface area contributed by atoms with E-state index in [0.29, 0.717) is 21.8 Å². The molecule has 0 fully saturated rings. The van der Waals surface area contributed by atoms with Gasteiger partial charge in [-0.3, -0.25) is 24.6 Å². The Morgan fingerprint density at radius 3 is 2.56 bits per heavy atom. The van der Waals surface area contributed by atoms with Crippen LogP contribution in [0, 0.1) is 0 Å². The van der Waals surface area contributed by atoms with Gasteiger partial charge in [0.15, 0.2) is 0 Å². The molecule has 0 spiro atoms. The predicted molar refractivity (Wildman–Crippen MR) is 103 cm³/mol. The van der Waals surface area contributed by atoms with E-state index in [-0.39, 0.29) is 16.1 Å². The second kappa shape index (κ2) is 6.41. The maximum Gasteiger partial charge on any atom is 0.271 e. The molecule has 1 aliphatic heterocycles. The molecule has 2 aromatic carbocycles. The molecule has 27 heavy (non-hydrogen) atoms. The van der Waals surface area contributed by atoms with Crippen molar-refractivity contribution in [1.82, 2.24) is 10.2 Å². The van der Waals surface area contributed by atoms with Crippen LogP contribution in [0.4, 0.5) is 5.69 Å². The van der Waals surface area contributed by atoms with E-state index in [9.17, 15) is 14.4 Å². The van der Waals surface area contributed by atoms with Crippen LogP contribution in [0.1, 0.15) is 15.9 Å². The number of H-pyrrole nitrogens is 2. The number of Topliss-reactive ketones (excluding diaryl/α,β-unsaturated/α-hetero) is 1. The number of halogens is 1. The fourth-order valence-corrected chi connectivity index (χ4v) is 3.35. The topological polar surface area (TPSA) is 86.0 Å². The van der Waals surface area contributed by atoms with E-state index in [4.69, 9.17) is 11.6 Å². The Morgan fingerprint density at radius 2 is 1.78 bits per heavy atom. The molecule has 3 aromatic rings. The minimum absolute atomic E-state index is 0.0807. The van der Waals surface area contributed by atoms with Crippen LogP contribution >= 0.6 is 11.6 Å². The lowest BCUT2D eigenvalue weighted by atomic mass is 9.95. The molecule has 0 saturated carbocycles. The van der Waals surface area contributed by atoms with Crippen LogP contribution in [0.25, 0.3) is 11.6 Å². The van der Waals surface area contributed by atoms with Gasteiger partial charge in [-0.25, -0.2) is 0 Å². The number of nitrogens with zero attached hydrogens (tertiary/aromatic N) is 1. The number of carbonyl (C=O) groups excluding carboxylic acids is 2. The zero-order valence-electron chi connectivity index (χ0n) is 14.2. The van der Waals surface area contributed by atoms with Gasteiger partial charge in [0.1, 0.15) is 5.57 Å². The Hall–Kier alpha value is -3.38. The maximum atomic E-state index is 13.0. The number of anilines is 1. The van der Waals surface area contributed by atoms with Gasteiger partial charge in [-0.15, -0.1) is 0 Å². The van der Waals surface area contributed by atoms with Crippen molar-refractivity contribution in [2.75, 3.05) is 11.9 Å². The van der Waals surface area contributed by atoms with Crippen molar-refractivity contribution in [3.8, 4) is 0 Å². The summed E-state index contributed by atoms with van der Waals surface area (Å²) in [4.78, 5) is 39.6. The van der Waals surface area contributed by atoms with Crippen LogP contribution in [-0.4, -0.2) is 28.9 Å². The number of amides is 1. The summed E-state index contributed by atoms with van der Waals surface area (Å²) in [5.41, 5.74) is 1.11. The molecule has 1 aromatic heterocycles. The van der Waals surface area contributed by atoms with E-state index in [0.717, 1.165) is 0 Å². The van der Waals surface area contributed by atoms with E-state index in [1.807, 2.05) is 0 Å². The van der Waals surface area contributed by atoms with Gasteiger partial charge >= 0.3 is 0 Å². The normalized spacial score (nSPS) is 16.7. The highest BCUT2D eigenvalue weighted by Crippen LogP contribution is 2.28. The standard InChI is InChI=1S/C20H14ClN3O3/c1-24-15-8-3-2-7-13(15)18(25)16(20(24)27)17-14(19(26)23-22-17)10-11-5-4-6-12(21)9-11/h2-10,22H,1H3,(H,23,26)/b14-10-,17-16+. The average molecular weight is 380 g/mol. The fraction of sp³-hybridized carbons (Fsp3) is 0.0500. The summed E-state index contributed by atoms with van der Waals surface area (Å²) in [6, 6.07) is 13.8. The van der Waals surface area contributed by atoms with E-state index in [1.54, 1.807) is 61.7 Å². The third-order valence-electron chi connectivity index (χ3n) is 4.48. The largest absolute Gasteiger partial charge is 0.310 e. The van der Waals surface area contributed by atoms with Gasteiger partial charge in [0, 0.05) is 17.6 Å². The Kier molecular flexibility index (Phi) is 4.05. The average Bonchev–Trinajstić information content (AvgIpc) is 3.01. The molecule has 0 bridgehead atoms. The molecule has 7 heteroatoms. The van der Waals surface area contributed by atoms with Gasteiger partial charge in [-0.2, -0.15) is 0 Å². The molecule has 0 radical (unpaired) electrons. The number of rotatable bonds is 1. The summed E-state index contributed by atoms with van der Waals surface area (Å²) in [5.74, 6) is -0.903. The summed E-state index contributed by atoms with van der Waals surface area (Å²) in [6.07, 6.45) is 1.59. The molecule has 1 aliphatic rings. The van der Waals surface area contributed by atoms with Crippen molar-refractivity contribution in [2.45, 2.75) is 0 Å². The molecule has 134 valence electrons. The first-order chi connectivity index (χ1) is 13.0. The molecule has 6 nitrogen and oxygen atoms in total. The van der Waals surface area contributed by atoms with Gasteiger partial charge < -0.3 is 4.90 Å². The Labute approximate surface area is 158 Å². The number of aromatic nitrogens is 2. The number of benzene rings is 2. The van der Waals surface area contributed by atoms with Gasteiger partial charge in [0.05, 0.1) is 16.3 Å². The van der Waals surface area contributed by atoms with Crippen LogP contribution in [0.3, 0.4) is 0 Å². The first-order valence-corrected chi connectivity index (χ1v) is 8.55. The number of nitrogens with one attached hydrogen (secondary N) is 2. The quantitative estimate of drug-likeness (QED) is 0.666. The van der Waals surface area contributed by atoms with E-state index < -0.39 is 17.2 Å². The third-order valence-corrected chi connectivity index (χ3v) is 4.72. The smallest absolute Gasteiger partial charge is 0.271 e. The zero-order chi connectivity index (χ0) is 19.1. The molecule has 2 N–H and O–H groups in total. The summed E-state index contributed by atoms with van der Waals surface area (Å²) >= 11 is 6.00. The van der Waals surface area contributed by atoms with Gasteiger partial charge in [0.25, 0.3) is 11.5 Å². The highest BCUT2D eigenvalue weighted by atomic mass is 35.5. The highest BCUT2D eigenvalue weighted by molar-refractivity contribution is 6.51. The Balaban J connectivity index is 2.05. The van der Waals surface area contributed by atoms with Gasteiger partial charge in [0.2, 0.25) is 5.78 Å². The highest BCUT2D eigenvalue weighted by Gasteiger charge is 2.33. The fourth-order valence-electron chi connectivity index (χ4n) is 3.15. The second-order valence-corrected chi connectivity index (χ2v) is 6.59. The van der Waals surface area contributed by atoms with Crippen molar-refractivity contribution < 1.29 is 9.59 Å². The number of para-hydroxylation sites is 1. The number of ketones is 1. The summed E-state index contributed by atoms with van der Waals surface area (Å²) < 4.78 is 0. The Morgan fingerprint density at radius 1 is 1.00 bits per heavy atom. The van der Waals surface area contributed by atoms with Crippen LogP contribution < -0.4 is 21.0 Å². The molecule has 0 saturated heterocycles. The lowest BCUT2D eigenvalue weighted by Crippen LogP contribution is -2.44. The van der Waals surface area contributed by atoms with Crippen LogP contribution in [0.15, 0.2) is 53.3 Å². The van der Waals surface area contributed by atoms with Crippen molar-refractivity contribution in [2.24, 2.45) is 0 Å². The minimum Gasteiger partial charge on any atom is -0.310 e. The van der Waals surface area contributed by atoms with Crippen molar-refractivity contribution in [1.29, 1.82) is 0 Å². The number of carbonyl (C=O) groups is 2. The molecular formula is C20H14ClN3O3. The monoisotopic (exact) mass is 379 g/mol. The number of fused-ring (bicyclic) bond motifs is 1. The van der Waals surface area contributed by atoms with Gasteiger partial charge in [-0.05, 0) is 35.9 Å². The van der Waals surface area contributed by atoms with Crippen molar-refractivity contribution in [3.05, 3.63) is 85.6 Å². The van der Waals surface area contributed by atoms with Crippen LogP contribution in [-0.2, 0) is 4.79 Å². The summed E-state index contributed by atoms with van der Waals surface area (Å²) in [7, 11) is 1.60. The lowest BCUT2D eigenvalue weighted by Gasteiger charge is -2.25. The Bertz CT molecular complexity index is 1270. The molecule has 1 amide bonds. The molecule has 0 aliphatic carbocycles. The van der Waals surface area contributed by atoms with Crippen molar-refractivity contribution >= 4 is 40.6 Å².